The van der Waals surface area contributed by atoms with Crippen molar-refractivity contribution in [3.05, 3.63) is 76.5 Å². The minimum atomic E-state index is -0.385. The standard InChI is InChI=1S/C21H24N4O/c1-14(22)11-19(23)16-6-4-15(5-7-16)13-25-10-2-3-17-12-18(21(24)26)8-9-20(17)25/h4-9,11-12,23H,2-3,10,13,22H2,1H3,(H2,24,26). The summed E-state index contributed by atoms with van der Waals surface area (Å²) in [6, 6.07) is 13.7. The third-order valence-corrected chi connectivity index (χ3v) is 4.59. The summed E-state index contributed by atoms with van der Waals surface area (Å²) in [5.41, 5.74) is 17.0. The number of anilines is 1. The summed E-state index contributed by atoms with van der Waals surface area (Å²) in [5, 5.41) is 8.03. The lowest BCUT2D eigenvalue weighted by Gasteiger charge is -2.31. The van der Waals surface area contributed by atoms with Gasteiger partial charge in [-0.25, -0.2) is 0 Å². The minimum absolute atomic E-state index is 0.385. The predicted octanol–water partition coefficient (Wildman–Crippen LogP) is 2.97. The van der Waals surface area contributed by atoms with E-state index in [0.29, 0.717) is 17.0 Å². The summed E-state index contributed by atoms with van der Waals surface area (Å²) >= 11 is 0. The number of aryl methyl sites for hydroxylation is 1. The molecule has 0 unspecified atom stereocenters. The molecule has 5 heteroatoms. The van der Waals surface area contributed by atoms with Gasteiger partial charge in [0.05, 0.1) is 5.71 Å². The highest BCUT2D eigenvalue weighted by atomic mass is 16.1. The number of rotatable bonds is 5. The second-order valence-corrected chi connectivity index (χ2v) is 6.73. The van der Waals surface area contributed by atoms with Gasteiger partial charge in [-0.15, -0.1) is 0 Å². The lowest BCUT2D eigenvalue weighted by Crippen LogP contribution is -2.29. The average Bonchev–Trinajstić information content (AvgIpc) is 2.61. The summed E-state index contributed by atoms with van der Waals surface area (Å²) in [6.07, 6.45) is 3.68. The first-order valence-corrected chi connectivity index (χ1v) is 8.73. The van der Waals surface area contributed by atoms with Crippen LogP contribution in [0.25, 0.3) is 0 Å². The molecule has 1 aliphatic heterocycles. The molecule has 26 heavy (non-hydrogen) atoms. The topological polar surface area (TPSA) is 96.2 Å². The van der Waals surface area contributed by atoms with E-state index in [1.54, 1.807) is 19.1 Å². The summed E-state index contributed by atoms with van der Waals surface area (Å²) in [7, 11) is 0. The first-order chi connectivity index (χ1) is 12.4. The van der Waals surface area contributed by atoms with Gasteiger partial charge in [-0.3, -0.25) is 4.79 Å². The summed E-state index contributed by atoms with van der Waals surface area (Å²) in [5.74, 6) is -0.385. The van der Waals surface area contributed by atoms with Crippen LogP contribution in [0.15, 0.2) is 54.2 Å². The van der Waals surface area contributed by atoms with E-state index in [0.717, 1.165) is 31.5 Å². The van der Waals surface area contributed by atoms with Gasteiger partial charge in [0.15, 0.2) is 0 Å². The Morgan fingerprint density at radius 2 is 1.85 bits per heavy atom. The number of hydrogen-bond acceptors (Lipinski definition) is 4. The van der Waals surface area contributed by atoms with Crippen LogP contribution < -0.4 is 16.4 Å². The van der Waals surface area contributed by atoms with Crippen molar-refractivity contribution in [3.8, 4) is 0 Å². The van der Waals surface area contributed by atoms with Crippen molar-refractivity contribution in [2.45, 2.75) is 26.3 Å². The number of allylic oxidation sites excluding steroid dienone is 2. The van der Waals surface area contributed by atoms with E-state index < -0.39 is 0 Å². The van der Waals surface area contributed by atoms with Crippen molar-refractivity contribution in [3.63, 3.8) is 0 Å². The van der Waals surface area contributed by atoms with Crippen molar-refractivity contribution >= 4 is 17.3 Å². The van der Waals surface area contributed by atoms with E-state index >= 15 is 0 Å². The molecule has 0 radical (unpaired) electrons. The molecule has 0 aliphatic carbocycles. The van der Waals surface area contributed by atoms with Crippen molar-refractivity contribution in [2.24, 2.45) is 11.5 Å². The van der Waals surface area contributed by atoms with Gasteiger partial charge in [-0.05, 0) is 60.7 Å². The molecule has 1 aliphatic rings. The highest BCUT2D eigenvalue weighted by Gasteiger charge is 2.18. The fraction of sp³-hybridized carbons (Fsp3) is 0.238. The van der Waals surface area contributed by atoms with Crippen LogP contribution >= 0.6 is 0 Å². The normalized spacial score (nSPS) is 14.0. The van der Waals surface area contributed by atoms with Gasteiger partial charge in [-0.2, -0.15) is 0 Å². The summed E-state index contributed by atoms with van der Waals surface area (Å²) < 4.78 is 0. The fourth-order valence-electron chi connectivity index (χ4n) is 3.31. The molecular weight excluding hydrogens is 324 g/mol. The second kappa shape index (κ2) is 7.44. The predicted molar refractivity (Wildman–Crippen MR) is 106 cm³/mol. The van der Waals surface area contributed by atoms with E-state index in [2.05, 4.69) is 17.0 Å². The third-order valence-electron chi connectivity index (χ3n) is 4.59. The number of hydrogen-bond donors (Lipinski definition) is 3. The van der Waals surface area contributed by atoms with Crippen LogP contribution in [-0.2, 0) is 13.0 Å². The highest BCUT2D eigenvalue weighted by Crippen LogP contribution is 2.29. The number of primary amides is 1. The first-order valence-electron chi connectivity index (χ1n) is 8.73. The molecule has 0 atom stereocenters. The maximum atomic E-state index is 11.4. The molecule has 1 amide bonds. The average molecular weight is 348 g/mol. The number of carbonyl (C=O) groups excluding carboxylic acids is 1. The maximum absolute atomic E-state index is 11.4. The highest BCUT2D eigenvalue weighted by molar-refractivity contribution is 6.06. The largest absolute Gasteiger partial charge is 0.402 e. The monoisotopic (exact) mass is 348 g/mol. The van der Waals surface area contributed by atoms with E-state index in [9.17, 15) is 4.79 Å². The van der Waals surface area contributed by atoms with Crippen molar-refractivity contribution in [1.82, 2.24) is 0 Å². The van der Waals surface area contributed by atoms with Crippen LogP contribution in [0.2, 0.25) is 0 Å². The molecule has 1 heterocycles. The number of fused-ring (bicyclic) bond motifs is 1. The Hall–Kier alpha value is -3.08. The zero-order chi connectivity index (χ0) is 18.7. The number of nitrogens with one attached hydrogen (secondary N) is 1. The Bertz CT molecular complexity index is 864. The Morgan fingerprint density at radius 3 is 2.50 bits per heavy atom. The molecule has 0 saturated heterocycles. The Labute approximate surface area is 153 Å². The van der Waals surface area contributed by atoms with Gasteiger partial charge in [0.1, 0.15) is 0 Å². The smallest absolute Gasteiger partial charge is 0.248 e. The Morgan fingerprint density at radius 1 is 1.15 bits per heavy atom. The van der Waals surface area contributed by atoms with Crippen LogP contribution in [-0.4, -0.2) is 18.2 Å². The second-order valence-electron chi connectivity index (χ2n) is 6.73. The van der Waals surface area contributed by atoms with E-state index in [1.807, 2.05) is 24.3 Å². The van der Waals surface area contributed by atoms with Crippen LogP contribution in [0.3, 0.4) is 0 Å². The Balaban J connectivity index is 1.77. The SMILES string of the molecule is CC(N)=CC(=N)c1ccc(CN2CCCc3cc(C(N)=O)ccc32)cc1. The van der Waals surface area contributed by atoms with Gasteiger partial charge < -0.3 is 21.8 Å². The third kappa shape index (κ3) is 3.94. The minimum Gasteiger partial charge on any atom is -0.402 e. The maximum Gasteiger partial charge on any atom is 0.248 e. The molecule has 5 nitrogen and oxygen atoms in total. The van der Waals surface area contributed by atoms with Crippen molar-refractivity contribution in [2.75, 3.05) is 11.4 Å². The van der Waals surface area contributed by atoms with Crippen molar-refractivity contribution in [1.29, 1.82) is 5.41 Å². The molecule has 2 aromatic carbocycles. The molecule has 0 bridgehead atoms. The molecule has 3 rings (SSSR count). The number of nitrogens with two attached hydrogens (primary N) is 2. The van der Waals surface area contributed by atoms with Gasteiger partial charge >= 0.3 is 0 Å². The molecule has 0 spiro atoms. The van der Waals surface area contributed by atoms with Crippen molar-refractivity contribution < 1.29 is 4.79 Å². The molecule has 0 aromatic heterocycles. The van der Waals surface area contributed by atoms with Crippen LogP contribution in [0.5, 0.6) is 0 Å². The van der Waals surface area contributed by atoms with Gasteiger partial charge in [0.2, 0.25) is 5.91 Å². The molecule has 2 aromatic rings. The number of amides is 1. The fourth-order valence-corrected chi connectivity index (χ4v) is 3.31. The lowest BCUT2D eigenvalue weighted by atomic mass is 9.98. The molecule has 134 valence electrons. The zero-order valence-corrected chi connectivity index (χ0v) is 15.0. The Kier molecular flexibility index (Phi) is 5.07. The van der Waals surface area contributed by atoms with Crippen LogP contribution in [0, 0.1) is 5.41 Å². The lowest BCUT2D eigenvalue weighted by molar-refractivity contribution is 0.1000. The number of benzene rings is 2. The molecule has 0 fully saturated rings. The molecule has 0 saturated carbocycles. The van der Waals surface area contributed by atoms with Gasteiger partial charge in [0.25, 0.3) is 0 Å². The van der Waals surface area contributed by atoms with E-state index in [1.165, 1.54) is 16.8 Å². The van der Waals surface area contributed by atoms with Gasteiger partial charge in [0, 0.05) is 30.0 Å². The summed E-state index contributed by atoms with van der Waals surface area (Å²) in [4.78, 5) is 13.7. The summed E-state index contributed by atoms with van der Waals surface area (Å²) in [6.45, 7) is 3.55. The molecular formula is C21H24N4O. The zero-order valence-electron chi connectivity index (χ0n) is 15.0. The first kappa shape index (κ1) is 17.7. The van der Waals surface area contributed by atoms with E-state index in [-0.39, 0.29) is 5.91 Å². The van der Waals surface area contributed by atoms with Crippen LogP contribution in [0.1, 0.15) is 40.4 Å². The number of carbonyl (C=O) groups is 1. The molecule has 5 N–H and O–H groups in total. The quantitative estimate of drug-likeness (QED) is 0.725. The van der Waals surface area contributed by atoms with Crippen LogP contribution in [0.4, 0.5) is 5.69 Å². The van der Waals surface area contributed by atoms with Gasteiger partial charge in [-0.1, -0.05) is 24.3 Å². The number of nitrogens with zero attached hydrogens (tertiary/aromatic N) is 1. The van der Waals surface area contributed by atoms with E-state index in [4.69, 9.17) is 16.9 Å².